The maximum Gasteiger partial charge on any atom is 0.137 e. The smallest absolute Gasteiger partial charge is 0.137 e. The Morgan fingerprint density at radius 3 is 2.94 bits per heavy atom. The van der Waals surface area contributed by atoms with Crippen molar-refractivity contribution in [1.29, 1.82) is 0 Å². The Kier molecular flexibility index (Phi) is 5.38. The molecule has 1 heterocycles. The molecule has 1 unspecified atom stereocenters. The van der Waals surface area contributed by atoms with Crippen LogP contribution in [0.25, 0.3) is 0 Å². The van der Waals surface area contributed by atoms with Crippen LogP contribution in [-0.2, 0) is 0 Å². The van der Waals surface area contributed by atoms with Crippen LogP contribution >= 0.6 is 28.3 Å². The zero-order valence-corrected chi connectivity index (χ0v) is 11.2. The van der Waals surface area contributed by atoms with Crippen molar-refractivity contribution < 1.29 is 9.84 Å². The van der Waals surface area contributed by atoms with Crippen molar-refractivity contribution in [2.75, 3.05) is 13.1 Å². The summed E-state index contributed by atoms with van der Waals surface area (Å²) in [6, 6.07) is 5.28. The van der Waals surface area contributed by atoms with E-state index in [4.69, 9.17) is 4.74 Å². The number of piperidine rings is 1. The lowest BCUT2D eigenvalue weighted by Crippen LogP contribution is -2.37. The lowest BCUT2D eigenvalue weighted by Gasteiger charge is -2.24. The number of phenolic OH excluding ortho intramolecular Hbond substituents is 1. The van der Waals surface area contributed by atoms with Gasteiger partial charge in [0.05, 0.1) is 0 Å². The maximum atomic E-state index is 9.49. The second kappa shape index (κ2) is 6.33. The Morgan fingerprint density at radius 1 is 1.44 bits per heavy atom. The summed E-state index contributed by atoms with van der Waals surface area (Å²) >= 11 is 3.31. The van der Waals surface area contributed by atoms with Gasteiger partial charge in [-0.05, 0) is 47.4 Å². The van der Waals surface area contributed by atoms with E-state index in [1.165, 1.54) is 0 Å². The van der Waals surface area contributed by atoms with Crippen LogP contribution < -0.4 is 10.1 Å². The Balaban J connectivity index is 0.00000128. The zero-order chi connectivity index (χ0) is 10.7. The summed E-state index contributed by atoms with van der Waals surface area (Å²) in [7, 11) is 0. The summed E-state index contributed by atoms with van der Waals surface area (Å²) in [5, 5.41) is 12.8. The number of aromatic hydroxyl groups is 1. The van der Waals surface area contributed by atoms with Gasteiger partial charge in [-0.3, -0.25) is 0 Å². The Morgan fingerprint density at radius 2 is 2.25 bits per heavy atom. The van der Waals surface area contributed by atoms with E-state index in [-0.39, 0.29) is 24.3 Å². The second-order valence-electron chi connectivity index (χ2n) is 3.68. The molecular formula is C11H15BrClNO2. The molecule has 1 aliphatic rings. The molecule has 0 aromatic heterocycles. The fourth-order valence-corrected chi connectivity index (χ4v) is 2.05. The molecular weight excluding hydrogens is 293 g/mol. The van der Waals surface area contributed by atoms with Crippen molar-refractivity contribution in [2.24, 2.45) is 0 Å². The molecule has 0 bridgehead atoms. The van der Waals surface area contributed by atoms with Gasteiger partial charge in [0.15, 0.2) is 0 Å². The van der Waals surface area contributed by atoms with Crippen LogP contribution in [0, 0.1) is 0 Å². The fraction of sp³-hybridized carbons (Fsp3) is 0.455. The summed E-state index contributed by atoms with van der Waals surface area (Å²) in [6.07, 6.45) is 2.41. The van der Waals surface area contributed by atoms with Crippen LogP contribution in [0.15, 0.2) is 22.7 Å². The minimum atomic E-state index is 0. The van der Waals surface area contributed by atoms with Crippen molar-refractivity contribution in [3.63, 3.8) is 0 Å². The highest BCUT2D eigenvalue weighted by molar-refractivity contribution is 9.10. The zero-order valence-electron chi connectivity index (χ0n) is 8.78. The molecule has 2 rings (SSSR count). The summed E-state index contributed by atoms with van der Waals surface area (Å²) < 4.78 is 6.43. The third kappa shape index (κ3) is 3.27. The summed E-state index contributed by atoms with van der Waals surface area (Å²) in [5.74, 6) is 0.931. The maximum absolute atomic E-state index is 9.49. The molecule has 0 saturated carbocycles. The largest absolute Gasteiger partial charge is 0.507 e. The number of halogens is 2. The minimum absolute atomic E-state index is 0. The van der Waals surface area contributed by atoms with E-state index in [0.29, 0.717) is 10.2 Å². The van der Waals surface area contributed by atoms with Crippen LogP contribution in [0.3, 0.4) is 0 Å². The van der Waals surface area contributed by atoms with Crippen LogP contribution in [0.2, 0.25) is 0 Å². The van der Waals surface area contributed by atoms with Gasteiger partial charge in [-0.2, -0.15) is 0 Å². The topological polar surface area (TPSA) is 41.5 Å². The van der Waals surface area contributed by atoms with E-state index in [1.54, 1.807) is 12.1 Å². The normalized spacial score (nSPS) is 19.9. The predicted octanol–water partition coefficient (Wildman–Crippen LogP) is 2.71. The summed E-state index contributed by atoms with van der Waals surface area (Å²) in [6.45, 7) is 1.95. The van der Waals surface area contributed by atoms with E-state index < -0.39 is 0 Å². The van der Waals surface area contributed by atoms with Gasteiger partial charge in [0, 0.05) is 6.54 Å². The molecule has 0 radical (unpaired) electrons. The molecule has 1 aromatic rings. The van der Waals surface area contributed by atoms with Crippen molar-refractivity contribution in [1.82, 2.24) is 5.32 Å². The first-order valence-electron chi connectivity index (χ1n) is 5.12. The molecule has 2 N–H and O–H groups in total. The molecule has 5 heteroatoms. The monoisotopic (exact) mass is 307 g/mol. The molecule has 0 spiro atoms. The second-order valence-corrected chi connectivity index (χ2v) is 4.47. The van der Waals surface area contributed by atoms with Crippen LogP contribution in [0.1, 0.15) is 12.8 Å². The van der Waals surface area contributed by atoms with Crippen molar-refractivity contribution >= 4 is 28.3 Å². The van der Waals surface area contributed by atoms with Crippen LogP contribution in [0.5, 0.6) is 11.5 Å². The van der Waals surface area contributed by atoms with Gasteiger partial charge in [-0.1, -0.05) is 6.07 Å². The standard InChI is InChI=1S/C11H14BrNO2.ClH/c12-11-9(14)4-1-5-10(11)15-8-3-2-6-13-7-8;/h1,4-5,8,13-14H,2-3,6-7H2;1H. The number of hydrogen-bond donors (Lipinski definition) is 2. The molecule has 1 fully saturated rings. The Hall–Kier alpha value is -0.450. The quantitative estimate of drug-likeness (QED) is 0.882. The van der Waals surface area contributed by atoms with Gasteiger partial charge in [0.2, 0.25) is 0 Å². The lowest BCUT2D eigenvalue weighted by molar-refractivity contribution is 0.165. The lowest BCUT2D eigenvalue weighted by atomic mass is 10.1. The van der Waals surface area contributed by atoms with Gasteiger partial charge < -0.3 is 15.2 Å². The van der Waals surface area contributed by atoms with Gasteiger partial charge >= 0.3 is 0 Å². The molecule has 1 aromatic carbocycles. The average Bonchev–Trinajstić information content (AvgIpc) is 2.26. The van der Waals surface area contributed by atoms with Gasteiger partial charge in [0.25, 0.3) is 0 Å². The van der Waals surface area contributed by atoms with E-state index >= 15 is 0 Å². The molecule has 1 saturated heterocycles. The Bertz CT molecular complexity index is 343. The number of nitrogens with one attached hydrogen (secondary N) is 1. The van der Waals surface area contributed by atoms with Crippen LogP contribution in [0.4, 0.5) is 0 Å². The van der Waals surface area contributed by atoms with Crippen molar-refractivity contribution in [2.45, 2.75) is 18.9 Å². The first-order chi connectivity index (χ1) is 7.27. The van der Waals surface area contributed by atoms with E-state index in [9.17, 15) is 5.11 Å². The molecule has 3 nitrogen and oxygen atoms in total. The van der Waals surface area contributed by atoms with Gasteiger partial charge in [-0.15, -0.1) is 12.4 Å². The highest BCUT2D eigenvalue weighted by Crippen LogP contribution is 2.34. The fourth-order valence-electron chi connectivity index (χ4n) is 1.69. The summed E-state index contributed by atoms with van der Waals surface area (Å²) in [4.78, 5) is 0. The first-order valence-corrected chi connectivity index (χ1v) is 5.91. The Labute approximate surface area is 110 Å². The molecule has 90 valence electrons. The van der Waals surface area contributed by atoms with E-state index in [1.807, 2.05) is 6.07 Å². The van der Waals surface area contributed by atoms with E-state index in [2.05, 4.69) is 21.2 Å². The molecule has 1 aliphatic heterocycles. The number of ether oxygens (including phenoxy) is 1. The van der Waals surface area contributed by atoms with Crippen molar-refractivity contribution in [3.8, 4) is 11.5 Å². The molecule has 0 amide bonds. The van der Waals surface area contributed by atoms with Gasteiger partial charge in [-0.25, -0.2) is 0 Å². The summed E-state index contributed by atoms with van der Waals surface area (Å²) in [5.41, 5.74) is 0. The third-order valence-electron chi connectivity index (χ3n) is 2.49. The predicted molar refractivity (Wildman–Crippen MR) is 69.6 cm³/mol. The average molecular weight is 309 g/mol. The molecule has 1 atom stereocenters. The molecule has 16 heavy (non-hydrogen) atoms. The highest BCUT2D eigenvalue weighted by Gasteiger charge is 2.16. The molecule has 0 aliphatic carbocycles. The highest BCUT2D eigenvalue weighted by atomic mass is 79.9. The van der Waals surface area contributed by atoms with Gasteiger partial charge in [0.1, 0.15) is 22.1 Å². The SMILES string of the molecule is Cl.Oc1cccc(OC2CCCNC2)c1Br. The number of hydrogen-bond acceptors (Lipinski definition) is 3. The van der Waals surface area contributed by atoms with Crippen molar-refractivity contribution in [3.05, 3.63) is 22.7 Å². The number of benzene rings is 1. The number of rotatable bonds is 2. The minimum Gasteiger partial charge on any atom is -0.507 e. The van der Waals surface area contributed by atoms with Crippen LogP contribution in [-0.4, -0.2) is 24.3 Å². The number of phenols is 1. The first kappa shape index (κ1) is 13.6. The third-order valence-corrected chi connectivity index (χ3v) is 3.29. The van der Waals surface area contributed by atoms with E-state index in [0.717, 1.165) is 25.9 Å².